The molecule has 1 atom stereocenters. The van der Waals surface area contributed by atoms with E-state index in [1.54, 1.807) is 28.3 Å². The lowest BCUT2D eigenvalue weighted by molar-refractivity contribution is -0.134. The van der Waals surface area contributed by atoms with Crippen LogP contribution in [0.4, 0.5) is 0 Å². The SMILES string of the molecule is CC[C@H]1c2ccsc2CCN1C(=O)CCn1cnc2ccccc2c1=O. The molecule has 26 heavy (non-hydrogen) atoms. The number of hydrogen-bond donors (Lipinski definition) is 0. The summed E-state index contributed by atoms with van der Waals surface area (Å²) in [5.74, 6) is 0.105. The Morgan fingerprint density at radius 1 is 1.31 bits per heavy atom. The second-order valence-corrected chi connectivity index (χ2v) is 7.57. The van der Waals surface area contributed by atoms with Crippen LogP contribution in [0.25, 0.3) is 10.9 Å². The molecule has 4 rings (SSSR count). The normalized spacial score (nSPS) is 16.7. The molecule has 1 amide bonds. The highest BCUT2D eigenvalue weighted by atomic mass is 32.1. The quantitative estimate of drug-likeness (QED) is 0.710. The molecule has 0 unspecified atom stereocenters. The molecular formula is C20H21N3O2S. The Bertz CT molecular complexity index is 1010. The number of carbonyl (C=O) groups excluding carboxylic acids is 1. The predicted octanol–water partition coefficient (Wildman–Crippen LogP) is 3.38. The molecule has 6 heteroatoms. The summed E-state index contributed by atoms with van der Waals surface area (Å²) in [5, 5.41) is 2.71. The molecule has 0 bridgehead atoms. The Balaban J connectivity index is 1.51. The molecule has 3 aromatic rings. The van der Waals surface area contributed by atoms with Crippen molar-refractivity contribution < 1.29 is 4.79 Å². The van der Waals surface area contributed by atoms with Crippen LogP contribution >= 0.6 is 11.3 Å². The monoisotopic (exact) mass is 367 g/mol. The Morgan fingerprint density at radius 3 is 3.00 bits per heavy atom. The molecule has 0 radical (unpaired) electrons. The standard InChI is InChI=1S/C20H21N3O2S/c1-2-17-15-9-12-26-18(15)7-11-23(17)19(24)8-10-22-13-21-16-6-4-3-5-14(16)20(22)25/h3-6,9,12-13,17H,2,7-8,10-11H2,1H3/t17-/m0/s1. The molecule has 5 nitrogen and oxygen atoms in total. The Labute approximate surface area is 155 Å². The van der Waals surface area contributed by atoms with Gasteiger partial charge < -0.3 is 4.90 Å². The molecule has 134 valence electrons. The molecule has 3 heterocycles. The van der Waals surface area contributed by atoms with E-state index in [0.29, 0.717) is 23.9 Å². The third kappa shape index (κ3) is 2.94. The largest absolute Gasteiger partial charge is 0.335 e. The van der Waals surface area contributed by atoms with Gasteiger partial charge >= 0.3 is 0 Å². The first-order chi connectivity index (χ1) is 12.7. The van der Waals surface area contributed by atoms with Crippen LogP contribution in [-0.4, -0.2) is 26.9 Å². The van der Waals surface area contributed by atoms with Crippen LogP contribution in [0, 0.1) is 0 Å². The number of rotatable bonds is 4. The minimum absolute atomic E-state index is 0.0887. The summed E-state index contributed by atoms with van der Waals surface area (Å²) in [4.78, 5) is 33.1. The summed E-state index contributed by atoms with van der Waals surface area (Å²) in [5.41, 5.74) is 1.89. The van der Waals surface area contributed by atoms with E-state index < -0.39 is 0 Å². The topological polar surface area (TPSA) is 55.2 Å². The van der Waals surface area contributed by atoms with Gasteiger partial charge in [-0.25, -0.2) is 4.98 Å². The molecule has 0 saturated heterocycles. The van der Waals surface area contributed by atoms with Crippen LogP contribution in [0.15, 0.2) is 46.8 Å². The molecule has 1 aromatic carbocycles. The van der Waals surface area contributed by atoms with Crippen molar-refractivity contribution in [3.63, 3.8) is 0 Å². The molecule has 0 N–H and O–H groups in total. The Morgan fingerprint density at radius 2 is 2.15 bits per heavy atom. The summed E-state index contributed by atoms with van der Waals surface area (Å²) >= 11 is 1.78. The molecule has 0 aliphatic carbocycles. The van der Waals surface area contributed by atoms with Crippen molar-refractivity contribution in [2.45, 2.75) is 38.8 Å². The van der Waals surface area contributed by atoms with Gasteiger partial charge in [-0.05, 0) is 42.0 Å². The van der Waals surface area contributed by atoms with Gasteiger partial charge in [-0.3, -0.25) is 14.2 Å². The zero-order valence-corrected chi connectivity index (χ0v) is 15.5. The van der Waals surface area contributed by atoms with Gasteiger partial charge in [-0.1, -0.05) is 19.1 Å². The smallest absolute Gasteiger partial charge is 0.261 e. The van der Waals surface area contributed by atoms with E-state index in [0.717, 1.165) is 19.4 Å². The van der Waals surface area contributed by atoms with Gasteiger partial charge in [0.05, 0.1) is 23.3 Å². The number of fused-ring (bicyclic) bond motifs is 2. The van der Waals surface area contributed by atoms with E-state index in [-0.39, 0.29) is 17.5 Å². The second-order valence-electron chi connectivity index (χ2n) is 6.57. The van der Waals surface area contributed by atoms with Crippen LogP contribution in [0.1, 0.15) is 36.2 Å². The van der Waals surface area contributed by atoms with Crippen molar-refractivity contribution in [2.24, 2.45) is 0 Å². The summed E-state index contributed by atoms with van der Waals surface area (Å²) in [6.45, 7) is 3.24. The number of hydrogen-bond acceptors (Lipinski definition) is 4. The van der Waals surface area contributed by atoms with Crippen LogP contribution < -0.4 is 5.56 Å². The van der Waals surface area contributed by atoms with E-state index >= 15 is 0 Å². The number of aryl methyl sites for hydroxylation is 1. The minimum Gasteiger partial charge on any atom is -0.335 e. The lowest BCUT2D eigenvalue weighted by atomic mass is 9.97. The molecule has 0 fully saturated rings. The zero-order chi connectivity index (χ0) is 18.1. The predicted molar refractivity (Wildman–Crippen MR) is 103 cm³/mol. The van der Waals surface area contributed by atoms with Crippen LogP contribution in [-0.2, 0) is 17.8 Å². The third-order valence-electron chi connectivity index (χ3n) is 5.10. The van der Waals surface area contributed by atoms with E-state index in [9.17, 15) is 9.59 Å². The minimum atomic E-state index is -0.0887. The van der Waals surface area contributed by atoms with E-state index in [4.69, 9.17) is 0 Å². The fourth-order valence-electron chi connectivity index (χ4n) is 3.76. The Kier molecular flexibility index (Phi) is 4.59. The van der Waals surface area contributed by atoms with Gasteiger partial charge in [-0.15, -0.1) is 11.3 Å². The second kappa shape index (κ2) is 7.03. The van der Waals surface area contributed by atoms with Gasteiger partial charge in [0, 0.05) is 24.4 Å². The highest BCUT2D eigenvalue weighted by Gasteiger charge is 2.29. The van der Waals surface area contributed by atoms with Crippen molar-refractivity contribution in [1.82, 2.24) is 14.5 Å². The van der Waals surface area contributed by atoms with Gasteiger partial charge in [0.15, 0.2) is 0 Å². The van der Waals surface area contributed by atoms with Crippen LogP contribution in [0.3, 0.4) is 0 Å². The van der Waals surface area contributed by atoms with Crippen molar-refractivity contribution >= 4 is 28.1 Å². The summed E-state index contributed by atoms with van der Waals surface area (Å²) in [7, 11) is 0. The molecule has 0 saturated carbocycles. The highest BCUT2D eigenvalue weighted by molar-refractivity contribution is 7.10. The molecule has 0 spiro atoms. The molecular weight excluding hydrogens is 346 g/mol. The third-order valence-corrected chi connectivity index (χ3v) is 6.10. The number of amides is 1. The summed E-state index contributed by atoms with van der Waals surface area (Å²) < 4.78 is 1.54. The maximum atomic E-state index is 12.8. The number of para-hydroxylation sites is 1. The average Bonchev–Trinajstić information content (AvgIpc) is 3.15. The number of nitrogens with zero attached hydrogens (tertiary/aromatic N) is 3. The van der Waals surface area contributed by atoms with Crippen molar-refractivity contribution in [1.29, 1.82) is 0 Å². The van der Waals surface area contributed by atoms with E-state index in [1.807, 2.05) is 23.1 Å². The van der Waals surface area contributed by atoms with Crippen molar-refractivity contribution in [2.75, 3.05) is 6.54 Å². The number of thiophene rings is 1. The number of aromatic nitrogens is 2. The summed E-state index contributed by atoms with van der Waals surface area (Å²) in [6.07, 6.45) is 3.69. The van der Waals surface area contributed by atoms with Crippen LogP contribution in [0.5, 0.6) is 0 Å². The first kappa shape index (κ1) is 17.0. The first-order valence-corrected chi connectivity index (χ1v) is 9.87. The maximum absolute atomic E-state index is 12.8. The Hall–Kier alpha value is -2.47. The van der Waals surface area contributed by atoms with E-state index in [1.165, 1.54) is 10.4 Å². The van der Waals surface area contributed by atoms with Crippen molar-refractivity contribution in [3.05, 3.63) is 62.8 Å². The number of carbonyl (C=O) groups is 1. The van der Waals surface area contributed by atoms with Gasteiger partial charge in [0.1, 0.15) is 0 Å². The van der Waals surface area contributed by atoms with Crippen molar-refractivity contribution in [3.8, 4) is 0 Å². The first-order valence-electron chi connectivity index (χ1n) is 8.99. The zero-order valence-electron chi connectivity index (χ0n) is 14.7. The maximum Gasteiger partial charge on any atom is 0.261 e. The van der Waals surface area contributed by atoms with Gasteiger partial charge in [0.2, 0.25) is 5.91 Å². The van der Waals surface area contributed by atoms with E-state index in [2.05, 4.69) is 23.4 Å². The van der Waals surface area contributed by atoms with Gasteiger partial charge in [-0.2, -0.15) is 0 Å². The molecule has 1 aliphatic rings. The average molecular weight is 367 g/mol. The lowest BCUT2D eigenvalue weighted by Gasteiger charge is -2.35. The summed E-state index contributed by atoms with van der Waals surface area (Å²) in [6, 6.07) is 9.60. The fraction of sp³-hybridized carbons (Fsp3) is 0.350. The van der Waals surface area contributed by atoms with Crippen LogP contribution in [0.2, 0.25) is 0 Å². The van der Waals surface area contributed by atoms with Gasteiger partial charge in [0.25, 0.3) is 5.56 Å². The highest BCUT2D eigenvalue weighted by Crippen LogP contribution is 2.35. The number of benzene rings is 1. The lowest BCUT2D eigenvalue weighted by Crippen LogP contribution is -2.40. The fourth-order valence-corrected chi connectivity index (χ4v) is 4.69. The molecule has 2 aromatic heterocycles. The molecule has 1 aliphatic heterocycles.